The predicted molar refractivity (Wildman–Crippen MR) is 81.5 cm³/mol. The van der Waals surface area contributed by atoms with Crippen LogP contribution in [0.15, 0.2) is 42.9 Å². The first-order valence-electron chi connectivity index (χ1n) is 6.77. The van der Waals surface area contributed by atoms with E-state index in [1.807, 2.05) is 12.1 Å². The third kappa shape index (κ3) is 2.81. The first-order chi connectivity index (χ1) is 10.1. The van der Waals surface area contributed by atoms with Gasteiger partial charge in [0.05, 0.1) is 11.0 Å². The molecule has 0 aliphatic rings. The van der Waals surface area contributed by atoms with Gasteiger partial charge in [-0.15, -0.1) is 0 Å². The maximum atomic E-state index is 13.0. The minimum atomic E-state index is -0.495. The van der Waals surface area contributed by atoms with Crippen LogP contribution in [0.4, 0.5) is 10.1 Å². The van der Waals surface area contributed by atoms with Crippen molar-refractivity contribution in [3.63, 3.8) is 0 Å². The topological polar surface area (TPSA) is 50.7 Å². The number of hydrogen-bond donors (Lipinski definition) is 1. The van der Waals surface area contributed by atoms with Crippen LogP contribution in [0.3, 0.4) is 0 Å². The molecule has 0 radical (unpaired) electrons. The molecule has 2 aromatic heterocycles. The highest BCUT2D eigenvalue weighted by molar-refractivity contribution is 5.94. The Bertz CT molecular complexity index is 769. The molecule has 1 N–H and O–H groups in total. The Morgan fingerprint density at radius 1 is 1.05 bits per heavy atom. The summed E-state index contributed by atoms with van der Waals surface area (Å²) >= 11 is 0. The smallest absolute Gasteiger partial charge is 0.212 e. The van der Waals surface area contributed by atoms with Crippen LogP contribution in [0.2, 0.25) is 0 Å². The van der Waals surface area contributed by atoms with Gasteiger partial charge >= 0.3 is 0 Å². The van der Waals surface area contributed by atoms with E-state index in [0.717, 1.165) is 27.8 Å². The number of fused-ring (bicyclic) bond motifs is 1. The number of pyridine rings is 1. The molecule has 0 unspecified atom stereocenters. The molecule has 1 aromatic carbocycles. The number of benzene rings is 1. The van der Waals surface area contributed by atoms with Crippen molar-refractivity contribution in [1.82, 2.24) is 15.0 Å². The zero-order valence-corrected chi connectivity index (χ0v) is 11.8. The molecule has 0 aliphatic heterocycles. The molecular formula is C16H15FN4. The molecule has 0 saturated heterocycles. The average molecular weight is 282 g/mol. The van der Waals surface area contributed by atoms with Crippen LogP contribution < -0.4 is 5.32 Å². The monoisotopic (exact) mass is 282 g/mol. The van der Waals surface area contributed by atoms with E-state index in [2.05, 4.69) is 34.1 Å². The van der Waals surface area contributed by atoms with Crippen molar-refractivity contribution >= 4 is 16.7 Å². The normalized spacial score (nSPS) is 11.0. The molecule has 4 nitrogen and oxygen atoms in total. The second-order valence-corrected chi connectivity index (χ2v) is 5.12. The van der Waals surface area contributed by atoms with Gasteiger partial charge in [-0.3, -0.25) is 9.97 Å². The number of hydrogen-bond acceptors (Lipinski definition) is 4. The fourth-order valence-electron chi connectivity index (χ4n) is 2.25. The Kier molecular flexibility index (Phi) is 3.48. The summed E-state index contributed by atoms with van der Waals surface area (Å²) in [5, 5.41) is 3.36. The maximum Gasteiger partial charge on any atom is 0.212 e. The molecule has 2 heterocycles. The van der Waals surface area contributed by atoms with Crippen LogP contribution in [-0.2, 0) is 0 Å². The SMILES string of the molecule is CC(C)Nc1cc(-c2ccc(F)nc2)c2nccnc2c1. The first kappa shape index (κ1) is 13.4. The van der Waals surface area contributed by atoms with Crippen molar-refractivity contribution in [2.45, 2.75) is 19.9 Å². The summed E-state index contributed by atoms with van der Waals surface area (Å²) in [7, 11) is 0. The Morgan fingerprint density at radius 2 is 1.86 bits per heavy atom. The predicted octanol–water partition coefficient (Wildman–Crippen LogP) is 3.65. The van der Waals surface area contributed by atoms with E-state index in [9.17, 15) is 4.39 Å². The summed E-state index contributed by atoms with van der Waals surface area (Å²) in [6, 6.07) is 7.30. The summed E-state index contributed by atoms with van der Waals surface area (Å²) in [5.74, 6) is -0.495. The van der Waals surface area contributed by atoms with E-state index in [-0.39, 0.29) is 0 Å². The summed E-state index contributed by atoms with van der Waals surface area (Å²) in [6.07, 6.45) is 4.82. The van der Waals surface area contributed by atoms with Gasteiger partial charge in [0.2, 0.25) is 5.95 Å². The lowest BCUT2D eigenvalue weighted by Gasteiger charge is -2.13. The van der Waals surface area contributed by atoms with Gasteiger partial charge in [-0.05, 0) is 38.1 Å². The third-order valence-corrected chi connectivity index (χ3v) is 3.07. The van der Waals surface area contributed by atoms with Crippen molar-refractivity contribution < 1.29 is 4.39 Å². The van der Waals surface area contributed by atoms with Gasteiger partial charge in [0.25, 0.3) is 0 Å². The van der Waals surface area contributed by atoms with Crippen molar-refractivity contribution in [2.24, 2.45) is 0 Å². The third-order valence-electron chi connectivity index (χ3n) is 3.07. The zero-order chi connectivity index (χ0) is 14.8. The maximum absolute atomic E-state index is 13.0. The van der Waals surface area contributed by atoms with E-state index in [4.69, 9.17) is 0 Å². The van der Waals surface area contributed by atoms with E-state index < -0.39 is 5.95 Å². The highest BCUT2D eigenvalue weighted by atomic mass is 19.1. The Morgan fingerprint density at radius 3 is 2.57 bits per heavy atom. The highest BCUT2D eigenvalue weighted by Gasteiger charge is 2.09. The van der Waals surface area contributed by atoms with Gasteiger partial charge in [-0.25, -0.2) is 4.98 Å². The first-order valence-corrected chi connectivity index (χ1v) is 6.77. The Balaban J connectivity index is 2.21. The number of halogens is 1. The Hall–Kier alpha value is -2.56. The van der Waals surface area contributed by atoms with E-state index in [1.54, 1.807) is 18.5 Å². The fraction of sp³-hybridized carbons (Fsp3) is 0.188. The molecule has 0 spiro atoms. The molecule has 0 bridgehead atoms. The summed E-state index contributed by atoms with van der Waals surface area (Å²) in [5.41, 5.74) is 4.23. The number of nitrogens with zero attached hydrogens (tertiary/aromatic N) is 3. The van der Waals surface area contributed by atoms with Crippen molar-refractivity contribution in [3.8, 4) is 11.1 Å². The summed E-state index contributed by atoms with van der Waals surface area (Å²) in [4.78, 5) is 12.5. The molecule has 106 valence electrons. The molecule has 21 heavy (non-hydrogen) atoms. The lowest BCUT2D eigenvalue weighted by atomic mass is 10.0. The molecule has 0 fully saturated rings. The van der Waals surface area contributed by atoms with Gasteiger partial charge < -0.3 is 5.32 Å². The molecular weight excluding hydrogens is 267 g/mol. The van der Waals surface area contributed by atoms with E-state index >= 15 is 0 Å². The molecule has 0 amide bonds. The lowest BCUT2D eigenvalue weighted by molar-refractivity contribution is 0.584. The average Bonchev–Trinajstić information content (AvgIpc) is 2.46. The van der Waals surface area contributed by atoms with Crippen LogP contribution >= 0.6 is 0 Å². The van der Waals surface area contributed by atoms with Crippen LogP contribution in [0.25, 0.3) is 22.2 Å². The summed E-state index contributed by atoms with van der Waals surface area (Å²) in [6.45, 7) is 4.14. The quantitative estimate of drug-likeness (QED) is 0.745. The lowest BCUT2D eigenvalue weighted by Crippen LogP contribution is -2.09. The standard InChI is InChI=1S/C16H15FN4/c1-10(2)21-12-7-13(11-3-4-15(17)20-9-11)16-14(8-12)18-5-6-19-16/h3-10,21H,1-2H3. The second kappa shape index (κ2) is 5.44. The van der Waals surface area contributed by atoms with Crippen LogP contribution in [0, 0.1) is 5.95 Å². The van der Waals surface area contributed by atoms with Crippen LogP contribution in [0.1, 0.15) is 13.8 Å². The molecule has 0 saturated carbocycles. The van der Waals surface area contributed by atoms with Crippen LogP contribution in [0.5, 0.6) is 0 Å². The van der Waals surface area contributed by atoms with Gasteiger partial charge in [0, 0.05) is 41.4 Å². The minimum absolute atomic E-state index is 0.304. The molecule has 5 heteroatoms. The van der Waals surface area contributed by atoms with Crippen molar-refractivity contribution in [3.05, 3.63) is 48.8 Å². The zero-order valence-electron chi connectivity index (χ0n) is 11.8. The number of nitrogens with one attached hydrogen (secondary N) is 1. The second-order valence-electron chi connectivity index (χ2n) is 5.12. The van der Waals surface area contributed by atoms with Gasteiger partial charge in [0.15, 0.2) is 0 Å². The largest absolute Gasteiger partial charge is 0.383 e. The van der Waals surface area contributed by atoms with Crippen molar-refractivity contribution in [2.75, 3.05) is 5.32 Å². The minimum Gasteiger partial charge on any atom is -0.383 e. The molecule has 3 aromatic rings. The number of anilines is 1. The van der Waals surface area contributed by atoms with Gasteiger partial charge in [-0.1, -0.05) is 0 Å². The van der Waals surface area contributed by atoms with Gasteiger partial charge in [0.1, 0.15) is 0 Å². The van der Waals surface area contributed by atoms with Gasteiger partial charge in [-0.2, -0.15) is 4.39 Å². The highest BCUT2D eigenvalue weighted by Crippen LogP contribution is 2.29. The van der Waals surface area contributed by atoms with E-state index in [0.29, 0.717) is 6.04 Å². The molecule has 3 rings (SSSR count). The number of rotatable bonds is 3. The molecule has 0 atom stereocenters. The van der Waals surface area contributed by atoms with Crippen molar-refractivity contribution in [1.29, 1.82) is 0 Å². The van der Waals surface area contributed by atoms with E-state index in [1.165, 1.54) is 12.3 Å². The summed E-state index contributed by atoms with van der Waals surface area (Å²) < 4.78 is 13.0. The Labute approximate surface area is 122 Å². The van der Waals surface area contributed by atoms with Crippen LogP contribution in [-0.4, -0.2) is 21.0 Å². The molecule has 0 aliphatic carbocycles. The fourth-order valence-corrected chi connectivity index (χ4v) is 2.25. The number of aromatic nitrogens is 3.